The highest BCUT2D eigenvalue weighted by atomic mass is 16.5. The van der Waals surface area contributed by atoms with Gasteiger partial charge in [0, 0.05) is 32.0 Å². The topological polar surface area (TPSA) is 71.5 Å². The average Bonchev–Trinajstić information content (AvgIpc) is 2.43. The van der Waals surface area contributed by atoms with Crippen molar-refractivity contribution < 1.29 is 14.6 Å². The van der Waals surface area contributed by atoms with Crippen molar-refractivity contribution in [2.75, 3.05) is 13.7 Å². The number of rotatable bonds is 4. The molecule has 106 valence electrons. The Balaban J connectivity index is 2.01. The van der Waals surface area contributed by atoms with Crippen LogP contribution in [0, 0.1) is 11.8 Å². The predicted octanol–water partition coefficient (Wildman–Crippen LogP) is 0.723. The van der Waals surface area contributed by atoms with Crippen LogP contribution in [0.3, 0.4) is 0 Å². The molecule has 20 heavy (non-hydrogen) atoms. The van der Waals surface area contributed by atoms with Crippen LogP contribution in [0.4, 0.5) is 0 Å². The van der Waals surface area contributed by atoms with E-state index in [0.29, 0.717) is 17.5 Å². The molecular weight excluding hydrogens is 256 g/mol. The lowest BCUT2D eigenvalue weighted by Crippen LogP contribution is -2.47. The largest absolute Gasteiger partial charge is 0.395 e. The maximum Gasteiger partial charge on any atom is 0.252 e. The van der Waals surface area contributed by atoms with Gasteiger partial charge in [-0.25, -0.2) is 0 Å². The normalized spacial score (nSPS) is 20.5. The minimum atomic E-state index is -0.139. The van der Waals surface area contributed by atoms with Gasteiger partial charge in [0.1, 0.15) is 0 Å². The highest BCUT2D eigenvalue weighted by Gasteiger charge is 2.30. The van der Waals surface area contributed by atoms with Crippen LogP contribution in [0.5, 0.6) is 0 Å². The van der Waals surface area contributed by atoms with Gasteiger partial charge >= 0.3 is 0 Å². The molecule has 0 radical (unpaired) electrons. The van der Waals surface area contributed by atoms with E-state index in [0.717, 1.165) is 12.8 Å². The van der Waals surface area contributed by atoms with Crippen molar-refractivity contribution in [1.82, 2.24) is 10.3 Å². The zero-order valence-electron chi connectivity index (χ0n) is 11.4. The molecule has 1 fully saturated rings. The van der Waals surface area contributed by atoms with Crippen molar-refractivity contribution >= 4 is 5.91 Å². The van der Waals surface area contributed by atoms with E-state index in [1.165, 1.54) is 0 Å². The molecule has 2 rings (SSSR count). The Morgan fingerprint density at radius 2 is 2.40 bits per heavy atom. The maximum absolute atomic E-state index is 12.2. The van der Waals surface area contributed by atoms with Gasteiger partial charge in [0.25, 0.3) is 5.91 Å². The van der Waals surface area contributed by atoms with Crippen LogP contribution in [0.2, 0.25) is 0 Å². The predicted molar refractivity (Wildman–Crippen MR) is 74.1 cm³/mol. The van der Waals surface area contributed by atoms with Crippen LogP contribution in [-0.4, -0.2) is 41.9 Å². The number of aliphatic hydroxyl groups is 1. The fourth-order valence-electron chi connectivity index (χ4n) is 2.04. The molecule has 0 bridgehead atoms. The molecule has 1 aromatic rings. The Morgan fingerprint density at radius 3 is 3.10 bits per heavy atom. The van der Waals surface area contributed by atoms with Gasteiger partial charge in [0.15, 0.2) is 0 Å². The number of pyridine rings is 1. The Hall–Kier alpha value is -1.90. The summed E-state index contributed by atoms with van der Waals surface area (Å²) in [5.41, 5.74) is 1.10. The quantitative estimate of drug-likeness (QED) is 0.794. The van der Waals surface area contributed by atoms with E-state index in [-0.39, 0.29) is 24.7 Å². The molecule has 0 aliphatic heterocycles. The molecule has 0 spiro atoms. The standard InChI is InChI=1S/C15H18N2O3/c1-20-13-8-12(9-13)17-15(19)14-5-6-16-10-11(14)4-2-3-7-18/h5-6,10,12-13,18H,3,7-9H2,1H3,(H,17,19). The summed E-state index contributed by atoms with van der Waals surface area (Å²) in [7, 11) is 1.68. The number of aliphatic hydroxyl groups excluding tert-OH is 1. The van der Waals surface area contributed by atoms with Gasteiger partial charge in [-0.05, 0) is 18.9 Å². The fraction of sp³-hybridized carbons (Fsp3) is 0.467. The monoisotopic (exact) mass is 274 g/mol. The van der Waals surface area contributed by atoms with Crippen LogP contribution in [0.1, 0.15) is 35.2 Å². The first-order valence-electron chi connectivity index (χ1n) is 6.62. The van der Waals surface area contributed by atoms with Crippen molar-refractivity contribution in [3.63, 3.8) is 0 Å². The molecular formula is C15H18N2O3. The minimum absolute atomic E-state index is 0.00920. The van der Waals surface area contributed by atoms with E-state index in [2.05, 4.69) is 22.1 Å². The van der Waals surface area contributed by atoms with E-state index in [1.807, 2.05) is 0 Å². The molecule has 0 unspecified atom stereocenters. The number of hydrogen-bond donors (Lipinski definition) is 2. The van der Waals surface area contributed by atoms with Crippen LogP contribution >= 0.6 is 0 Å². The van der Waals surface area contributed by atoms with Crippen LogP contribution in [0.15, 0.2) is 18.5 Å². The molecule has 1 aliphatic rings. The van der Waals surface area contributed by atoms with E-state index in [1.54, 1.807) is 25.6 Å². The van der Waals surface area contributed by atoms with Crippen LogP contribution in [0.25, 0.3) is 0 Å². The summed E-state index contributed by atoms with van der Waals surface area (Å²) in [5.74, 6) is 5.53. The molecule has 1 saturated carbocycles. The lowest BCUT2D eigenvalue weighted by molar-refractivity contribution is 0.0176. The second kappa shape index (κ2) is 7.04. The van der Waals surface area contributed by atoms with Gasteiger partial charge in [-0.15, -0.1) is 0 Å². The SMILES string of the molecule is COC1CC(NC(=O)c2ccncc2C#CCCO)C1. The molecule has 1 aromatic heterocycles. The first-order chi connectivity index (χ1) is 9.74. The summed E-state index contributed by atoms with van der Waals surface area (Å²) in [5, 5.41) is 11.7. The highest BCUT2D eigenvalue weighted by Crippen LogP contribution is 2.23. The number of carbonyl (C=O) groups excluding carboxylic acids is 1. The van der Waals surface area contributed by atoms with E-state index < -0.39 is 0 Å². The van der Waals surface area contributed by atoms with E-state index in [9.17, 15) is 4.79 Å². The zero-order chi connectivity index (χ0) is 14.4. The molecule has 1 heterocycles. The summed E-state index contributed by atoms with van der Waals surface area (Å²) in [6, 6.07) is 1.82. The number of aromatic nitrogens is 1. The van der Waals surface area contributed by atoms with E-state index >= 15 is 0 Å². The van der Waals surface area contributed by atoms with Crippen LogP contribution < -0.4 is 5.32 Å². The minimum Gasteiger partial charge on any atom is -0.395 e. The third kappa shape index (κ3) is 3.56. The number of methoxy groups -OCH3 is 1. The number of hydrogen-bond acceptors (Lipinski definition) is 4. The lowest BCUT2D eigenvalue weighted by Gasteiger charge is -2.34. The lowest BCUT2D eigenvalue weighted by atomic mass is 9.89. The number of amides is 1. The summed E-state index contributed by atoms with van der Waals surface area (Å²) >= 11 is 0. The van der Waals surface area contributed by atoms with Gasteiger partial charge in [-0.1, -0.05) is 11.8 Å². The van der Waals surface area contributed by atoms with E-state index in [4.69, 9.17) is 9.84 Å². The van der Waals surface area contributed by atoms with Crippen molar-refractivity contribution in [3.05, 3.63) is 29.6 Å². The summed E-state index contributed by atoms with van der Waals surface area (Å²) in [6.45, 7) is 0.00920. The molecule has 0 saturated heterocycles. The van der Waals surface area contributed by atoms with Crippen molar-refractivity contribution in [1.29, 1.82) is 0 Å². The Labute approximate surface area is 118 Å². The second-order valence-electron chi connectivity index (χ2n) is 4.70. The van der Waals surface area contributed by atoms with Crippen molar-refractivity contribution in [3.8, 4) is 11.8 Å². The van der Waals surface area contributed by atoms with Gasteiger partial charge < -0.3 is 15.2 Å². The average molecular weight is 274 g/mol. The number of ether oxygens (including phenoxy) is 1. The van der Waals surface area contributed by atoms with Gasteiger partial charge in [0.2, 0.25) is 0 Å². The van der Waals surface area contributed by atoms with Crippen LogP contribution in [-0.2, 0) is 4.74 Å². The first kappa shape index (κ1) is 14.5. The molecule has 1 aliphatic carbocycles. The summed E-state index contributed by atoms with van der Waals surface area (Å²) in [6.07, 6.45) is 5.47. The molecule has 1 amide bonds. The Bertz CT molecular complexity index is 527. The van der Waals surface area contributed by atoms with Gasteiger partial charge in [-0.2, -0.15) is 0 Å². The second-order valence-corrected chi connectivity index (χ2v) is 4.70. The van der Waals surface area contributed by atoms with Gasteiger partial charge in [-0.3, -0.25) is 9.78 Å². The number of nitrogens with one attached hydrogen (secondary N) is 1. The molecule has 2 N–H and O–H groups in total. The number of carbonyl (C=O) groups is 1. The zero-order valence-corrected chi connectivity index (χ0v) is 11.4. The highest BCUT2D eigenvalue weighted by molar-refractivity contribution is 5.96. The number of nitrogens with zero attached hydrogens (tertiary/aromatic N) is 1. The molecule has 5 nitrogen and oxygen atoms in total. The molecule has 5 heteroatoms. The third-order valence-corrected chi connectivity index (χ3v) is 3.29. The maximum atomic E-state index is 12.2. The molecule has 0 aromatic carbocycles. The first-order valence-corrected chi connectivity index (χ1v) is 6.62. The third-order valence-electron chi connectivity index (χ3n) is 3.29. The van der Waals surface area contributed by atoms with Crippen molar-refractivity contribution in [2.24, 2.45) is 0 Å². The smallest absolute Gasteiger partial charge is 0.252 e. The fourth-order valence-corrected chi connectivity index (χ4v) is 2.04. The molecule has 0 atom stereocenters. The Kier molecular flexibility index (Phi) is 5.10. The summed E-state index contributed by atoms with van der Waals surface area (Å²) in [4.78, 5) is 16.2. The van der Waals surface area contributed by atoms with Gasteiger partial charge in [0.05, 0.1) is 23.8 Å². The summed E-state index contributed by atoms with van der Waals surface area (Å²) < 4.78 is 5.19. The van der Waals surface area contributed by atoms with Crippen molar-refractivity contribution in [2.45, 2.75) is 31.4 Å². The Morgan fingerprint density at radius 1 is 1.60 bits per heavy atom.